The molecule has 9 nitrogen and oxygen atoms in total. The highest BCUT2D eigenvalue weighted by Crippen LogP contribution is 2.27. The van der Waals surface area contributed by atoms with Gasteiger partial charge in [-0.15, -0.1) is 11.3 Å². The van der Waals surface area contributed by atoms with Gasteiger partial charge in [0.25, 0.3) is 11.5 Å². The standard InChI is InChI=1S/C25H23FN6O3S/c1-16-21-24(36-22(16)23(34)29-18-7-5-17(26)6-8-18)28-15-32(25(21)35)14-20(33)31-12-10-30(11-13-31)19-4-2-3-9-27-19/h2-9,15H,10-14H2,1H3,(H,29,34). The van der Waals surface area contributed by atoms with Crippen molar-refractivity contribution in [2.24, 2.45) is 0 Å². The number of aromatic nitrogens is 3. The van der Waals surface area contributed by atoms with Crippen molar-refractivity contribution in [1.29, 1.82) is 0 Å². The van der Waals surface area contributed by atoms with Crippen molar-refractivity contribution >= 4 is 44.9 Å². The molecule has 5 rings (SSSR count). The fourth-order valence-corrected chi connectivity index (χ4v) is 5.22. The molecule has 0 spiro atoms. The number of pyridine rings is 1. The number of carbonyl (C=O) groups excluding carboxylic acids is 2. The number of hydrogen-bond donors (Lipinski definition) is 1. The topological polar surface area (TPSA) is 100 Å². The molecular weight excluding hydrogens is 483 g/mol. The molecule has 0 aliphatic carbocycles. The Morgan fingerprint density at radius 1 is 1.06 bits per heavy atom. The van der Waals surface area contributed by atoms with Gasteiger partial charge in [-0.05, 0) is 48.9 Å². The molecule has 1 aromatic carbocycles. The largest absolute Gasteiger partial charge is 0.353 e. The average molecular weight is 507 g/mol. The maximum Gasteiger partial charge on any atom is 0.266 e. The highest BCUT2D eigenvalue weighted by molar-refractivity contribution is 7.20. The quantitative estimate of drug-likeness (QED) is 0.447. The predicted molar refractivity (Wildman–Crippen MR) is 136 cm³/mol. The van der Waals surface area contributed by atoms with Crippen LogP contribution in [0.1, 0.15) is 15.2 Å². The average Bonchev–Trinajstić information content (AvgIpc) is 3.24. The minimum absolute atomic E-state index is 0.127. The molecule has 2 amide bonds. The van der Waals surface area contributed by atoms with Crippen LogP contribution in [0.4, 0.5) is 15.9 Å². The zero-order valence-electron chi connectivity index (χ0n) is 19.5. The van der Waals surface area contributed by atoms with Crippen molar-refractivity contribution in [3.05, 3.63) is 81.6 Å². The number of fused-ring (bicyclic) bond motifs is 1. The lowest BCUT2D eigenvalue weighted by molar-refractivity contribution is -0.132. The number of halogens is 1. The summed E-state index contributed by atoms with van der Waals surface area (Å²) in [6.45, 7) is 3.94. The maximum absolute atomic E-state index is 13.2. The van der Waals surface area contributed by atoms with Crippen molar-refractivity contribution < 1.29 is 14.0 Å². The smallest absolute Gasteiger partial charge is 0.266 e. The highest BCUT2D eigenvalue weighted by Gasteiger charge is 2.24. The molecule has 0 unspecified atom stereocenters. The van der Waals surface area contributed by atoms with Gasteiger partial charge < -0.3 is 15.1 Å². The first-order valence-electron chi connectivity index (χ1n) is 11.4. The SMILES string of the molecule is Cc1c(C(=O)Nc2ccc(F)cc2)sc2ncn(CC(=O)N3CCN(c4ccccn4)CC3)c(=O)c12. The zero-order chi connectivity index (χ0) is 25.2. The van der Waals surface area contributed by atoms with Crippen LogP contribution < -0.4 is 15.8 Å². The molecule has 0 radical (unpaired) electrons. The number of hydrogen-bond acceptors (Lipinski definition) is 7. The molecule has 1 aliphatic heterocycles. The Morgan fingerprint density at radius 3 is 2.50 bits per heavy atom. The summed E-state index contributed by atoms with van der Waals surface area (Å²) in [5.74, 6) is -0.0981. The Hall–Kier alpha value is -4.12. The van der Waals surface area contributed by atoms with Crippen LogP contribution in [-0.4, -0.2) is 57.4 Å². The Bertz CT molecular complexity index is 1480. The van der Waals surface area contributed by atoms with E-state index in [4.69, 9.17) is 0 Å². The van der Waals surface area contributed by atoms with E-state index in [-0.39, 0.29) is 18.0 Å². The van der Waals surface area contributed by atoms with E-state index in [1.54, 1.807) is 18.0 Å². The van der Waals surface area contributed by atoms with E-state index in [0.717, 1.165) is 17.2 Å². The maximum atomic E-state index is 13.2. The van der Waals surface area contributed by atoms with Crippen LogP contribution in [0.5, 0.6) is 0 Å². The van der Waals surface area contributed by atoms with Gasteiger partial charge in [-0.3, -0.25) is 19.0 Å². The number of rotatable bonds is 5. The number of thiophene rings is 1. The van der Waals surface area contributed by atoms with Gasteiger partial charge in [-0.2, -0.15) is 0 Å². The van der Waals surface area contributed by atoms with Gasteiger partial charge in [0.05, 0.1) is 16.6 Å². The summed E-state index contributed by atoms with van der Waals surface area (Å²) in [4.78, 5) is 52.3. The van der Waals surface area contributed by atoms with Crippen LogP contribution >= 0.6 is 11.3 Å². The third-order valence-corrected chi connectivity index (χ3v) is 7.34. The molecule has 0 saturated carbocycles. The van der Waals surface area contributed by atoms with Crippen molar-refractivity contribution in [3.63, 3.8) is 0 Å². The van der Waals surface area contributed by atoms with Gasteiger partial charge in [-0.25, -0.2) is 14.4 Å². The highest BCUT2D eigenvalue weighted by atomic mass is 32.1. The molecule has 1 aliphatic rings. The van der Waals surface area contributed by atoms with Crippen molar-refractivity contribution in [2.75, 3.05) is 36.4 Å². The minimum Gasteiger partial charge on any atom is -0.353 e. The predicted octanol–water partition coefficient (Wildman–Crippen LogP) is 2.90. The van der Waals surface area contributed by atoms with E-state index < -0.39 is 11.7 Å². The fraction of sp³-hybridized carbons (Fsp3) is 0.240. The number of anilines is 2. The van der Waals surface area contributed by atoms with Gasteiger partial charge in [0, 0.05) is 38.1 Å². The summed E-state index contributed by atoms with van der Waals surface area (Å²) in [5.41, 5.74) is 0.574. The molecule has 1 saturated heterocycles. The van der Waals surface area contributed by atoms with Crippen LogP contribution in [0.15, 0.2) is 59.8 Å². The number of amides is 2. The van der Waals surface area contributed by atoms with E-state index in [1.165, 1.54) is 35.2 Å². The molecule has 11 heteroatoms. The summed E-state index contributed by atoms with van der Waals surface area (Å²) in [7, 11) is 0. The van der Waals surface area contributed by atoms with Crippen LogP contribution in [0, 0.1) is 12.7 Å². The Morgan fingerprint density at radius 2 is 1.81 bits per heavy atom. The van der Waals surface area contributed by atoms with Gasteiger partial charge in [0.15, 0.2) is 0 Å². The third-order valence-electron chi connectivity index (χ3n) is 6.14. The lowest BCUT2D eigenvalue weighted by Gasteiger charge is -2.35. The molecule has 184 valence electrons. The van der Waals surface area contributed by atoms with Crippen LogP contribution in [0.3, 0.4) is 0 Å². The number of nitrogens with zero attached hydrogens (tertiary/aromatic N) is 5. The lowest BCUT2D eigenvalue weighted by Crippen LogP contribution is -2.50. The number of benzene rings is 1. The number of carbonyl (C=O) groups is 2. The first-order valence-corrected chi connectivity index (χ1v) is 12.2. The fourth-order valence-electron chi connectivity index (χ4n) is 4.18. The zero-order valence-corrected chi connectivity index (χ0v) is 20.3. The first kappa shape index (κ1) is 23.6. The molecule has 1 N–H and O–H groups in total. The number of aryl methyl sites for hydroxylation is 1. The normalized spacial score (nSPS) is 13.7. The third kappa shape index (κ3) is 4.69. The molecular formula is C25H23FN6O3S. The van der Waals surface area contributed by atoms with E-state index in [1.807, 2.05) is 18.2 Å². The van der Waals surface area contributed by atoms with Crippen LogP contribution in [0.25, 0.3) is 10.2 Å². The second kappa shape index (κ2) is 9.86. The minimum atomic E-state index is -0.407. The molecule has 3 aromatic heterocycles. The van der Waals surface area contributed by atoms with E-state index in [9.17, 15) is 18.8 Å². The van der Waals surface area contributed by atoms with Gasteiger partial charge in [0.1, 0.15) is 23.0 Å². The first-order chi connectivity index (χ1) is 17.4. The molecule has 0 bridgehead atoms. The van der Waals surface area contributed by atoms with Gasteiger partial charge >= 0.3 is 0 Å². The summed E-state index contributed by atoms with van der Waals surface area (Å²) in [5, 5.41) is 3.03. The van der Waals surface area contributed by atoms with Crippen LogP contribution in [-0.2, 0) is 11.3 Å². The molecule has 4 aromatic rings. The van der Waals surface area contributed by atoms with Gasteiger partial charge in [-0.1, -0.05) is 6.07 Å². The van der Waals surface area contributed by atoms with Crippen LogP contribution in [0.2, 0.25) is 0 Å². The van der Waals surface area contributed by atoms with Crippen molar-refractivity contribution in [2.45, 2.75) is 13.5 Å². The molecule has 1 fully saturated rings. The summed E-state index contributed by atoms with van der Waals surface area (Å²) in [6.07, 6.45) is 3.09. The van der Waals surface area contributed by atoms with Gasteiger partial charge in [0.2, 0.25) is 5.91 Å². The number of nitrogens with one attached hydrogen (secondary N) is 1. The monoisotopic (exact) mass is 506 g/mol. The second-order valence-corrected chi connectivity index (χ2v) is 9.43. The Kier molecular flexibility index (Phi) is 6.47. The van der Waals surface area contributed by atoms with E-state index >= 15 is 0 Å². The van der Waals surface area contributed by atoms with Crippen molar-refractivity contribution in [1.82, 2.24) is 19.4 Å². The molecule has 36 heavy (non-hydrogen) atoms. The van der Waals surface area contributed by atoms with Crippen molar-refractivity contribution in [3.8, 4) is 0 Å². The van der Waals surface area contributed by atoms with E-state index in [2.05, 4.69) is 20.2 Å². The number of piperazine rings is 1. The summed E-state index contributed by atoms with van der Waals surface area (Å²) < 4.78 is 14.4. The second-order valence-electron chi connectivity index (χ2n) is 8.43. The lowest BCUT2D eigenvalue weighted by atomic mass is 10.2. The summed E-state index contributed by atoms with van der Waals surface area (Å²) in [6, 6.07) is 11.2. The van der Waals surface area contributed by atoms with E-state index in [0.29, 0.717) is 52.5 Å². The molecule has 4 heterocycles. The Balaban J connectivity index is 1.29. The summed E-state index contributed by atoms with van der Waals surface area (Å²) >= 11 is 1.11. The molecule has 0 atom stereocenters. The Labute approximate surface area is 209 Å².